The number of carbonyl (C=O) groups excluding carboxylic acids is 1. The van der Waals surface area contributed by atoms with Crippen LogP contribution in [-0.2, 0) is 12.8 Å². The molecule has 0 unspecified atom stereocenters. The molecule has 122 valence electrons. The van der Waals surface area contributed by atoms with E-state index in [4.69, 9.17) is 5.10 Å². The van der Waals surface area contributed by atoms with E-state index in [-0.39, 0.29) is 5.91 Å². The third-order valence-corrected chi connectivity index (χ3v) is 4.58. The van der Waals surface area contributed by atoms with Gasteiger partial charge in [0.25, 0.3) is 5.91 Å². The van der Waals surface area contributed by atoms with Crippen LogP contribution in [-0.4, -0.2) is 33.7 Å². The molecule has 1 amide bonds. The molecule has 0 bridgehead atoms. The zero-order chi connectivity index (χ0) is 16.4. The molecule has 0 saturated carbocycles. The van der Waals surface area contributed by atoms with Gasteiger partial charge in [-0.1, -0.05) is 26.0 Å². The summed E-state index contributed by atoms with van der Waals surface area (Å²) in [7, 11) is 0. The van der Waals surface area contributed by atoms with Crippen molar-refractivity contribution in [3.63, 3.8) is 0 Å². The van der Waals surface area contributed by atoms with E-state index < -0.39 is 0 Å². The number of likely N-dealkylation sites (tertiary alicyclic amines) is 1. The van der Waals surface area contributed by atoms with Gasteiger partial charge in [-0.15, -0.1) is 0 Å². The summed E-state index contributed by atoms with van der Waals surface area (Å²) < 4.78 is 1.97. The Bertz CT molecular complexity index is 711. The molecule has 1 aromatic heterocycles. The first kappa shape index (κ1) is 15.8. The van der Waals surface area contributed by atoms with Crippen LogP contribution in [0.2, 0.25) is 0 Å². The predicted octanol–water partition coefficient (Wildman–Crippen LogP) is 3.54. The number of carbonyl (C=O) groups is 1. The molecule has 0 aliphatic carbocycles. The van der Waals surface area contributed by atoms with Gasteiger partial charge >= 0.3 is 0 Å². The molecule has 0 spiro atoms. The van der Waals surface area contributed by atoms with Crippen molar-refractivity contribution in [1.82, 2.24) is 14.7 Å². The molecule has 4 nitrogen and oxygen atoms in total. The highest BCUT2D eigenvalue weighted by Crippen LogP contribution is 2.24. The summed E-state index contributed by atoms with van der Waals surface area (Å²) in [6.07, 6.45) is 3.80. The van der Waals surface area contributed by atoms with E-state index in [9.17, 15) is 4.79 Å². The lowest BCUT2D eigenvalue weighted by atomic mass is 10.1. The van der Waals surface area contributed by atoms with E-state index in [0.717, 1.165) is 61.4 Å². The number of hydrogen-bond donors (Lipinski definition) is 0. The fraction of sp³-hybridized carbons (Fsp3) is 0.474. The van der Waals surface area contributed by atoms with Gasteiger partial charge < -0.3 is 4.90 Å². The maximum atomic E-state index is 13.0. The molecular weight excluding hydrogens is 286 g/mol. The molecule has 0 atom stereocenters. The molecular formula is C19H25N3O. The summed E-state index contributed by atoms with van der Waals surface area (Å²) >= 11 is 0. The summed E-state index contributed by atoms with van der Waals surface area (Å²) in [6, 6.07) is 8.30. The SMILES string of the molecule is CCc1nn(-c2cccc(C)c2)c(CC)c1C(=O)N1CCCC1. The van der Waals surface area contributed by atoms with Crippen LogP contribution in [0.15, 0.2) is 24.3 Å². The van der Waals surface area contributed by atoms with Crippen LogP contribution < -0.4 is 0 Å². The van der Waals surface area contributed by atoms with Crippen molar-refractivity contribution in [2.45, 2.75) is 46.5 Å². The Labute approximate surface area is 138 Å². The number of rotatable bonds is 4. The molecule has 1 saturated heterocycles. The Morgan fingerprint density at radius 1 is 1.17 bits per heavy atom. The normalized spacial score (nSPS) is 14.5. The standard InChI is InChI=1S/C19H25N3O/c1-4-16-18(19(23)21-11-6-7-12-21)17(5-2)22(20-16)15-10-8-9-14(3)13-15/h8-10,13H,4-7,11-12H2,1-3H3. The zero-order valence-electron chi connectivity index (χ0n) is 14.3. The largest absolute Gasteiger partial charge is 0.339 e. The molecule has 2 aromatic rings. The fourth-order valence-corrected chi connectivity index (χ4v) is 3.38. The summed E-state index contributed by atoms with van der Waals surface area (Å²) in [5.41, 5.74) is 5.02. The van der Waals surface area contributed by atoms with E-state index in [2.05, 4.69) is 39.0 Å². The van der Waals surface area contributed by atoms with Crippen LogP contribution >= 0.6 is 0 Å². The van der Waals surface area contributed by atoms with Crippen LogP contribution in [0, 0.1) is 6.92 Å². The maximum Gasteiger partial charge on any atom is 0.257 e. The second-order valence-electron chi connectivity index (χ2n) is 6.23. The molecule has 1 aliphatic rings. The minimum Gasteiger partial charge on any atom is -0.339 e. The minimum absolute atomic E-state index is 0.162. The van der Waals surface area contributed by atoms with Gasteiger partial charge in [-0.05, 0) is 50.3 Å². The van der Waals surface area contributed by atoms with Crippen LogP contribution in [0.1, 0.15) is 54.0 Å². The first-order valence-corrected chi connectivity index (χ1v) is 8.62. The lowest BCUT2D eigenvalue weighted by Gasteiger charge is -2.16. The topological polar surface area (TPSA) is 38.1 Å². The first-order valence-electron chi connectivity index (χ1n) is 8.62. The van der Waals surface area contributed by atoms with E-state index >= 15 is 0 Å². The number of amides is 1. The van der Waals surface area contributed by atoms with Crippen molar-refractivity contribution in [3.05, 3.63) is 46.8 Å². The Kier molecular flexibility index (Phi) is 4.51. The van der Waals surface area contributed by atoms with E-state index in [1.165, 1.54) is 5.56 Å². The quantitative estimate of drug-likeness (QED) is 0.866. The molecule has 1 aromatic carbocycles. The van der Waals surface area contributed by atoms with Crippen LogP contribution in [0.5, 0.6) is 0 Å². The number of hydrogen-bond acceptors (Lipinski definition) is 2. The molecule has 1 fully saturated rings. The van der Waals surface area contributed by atoms with Crippen molar-refractivity contribution in [3.8, 4) is 5.69 Å². The molecule has 4 heteroatoms. The van der Waals surface area contributed by atoms with Crippen molar-refractivity contribution in [2.75, 3.05) is 13.1 Å². The van der Waals surface area contributed by atoms with Crippen LogP contribution in [0.25, 0.3) is 5.69 Å². The molecule has 1 aliphatic heterocycles. The second-order valence-corrected chi connectivity index (χ2v) is 6.23. The highest BCUT2D eigenvalue weighted by molar-refractivity contribution is 5.97. The van der Waals surface area contributed by atoms with Gasteiger partial charge in [0.1, 0.15) is 0 Å². The Morgan fingerprint density at radius 3 is 2.52 bits per heavy atom. The lowest BCUT2D eigenvalue weighted by Crippen LogP contribution is -2.29. The average molecular weight is 311 g/mol. The van der Waals surface area contributed by atoms with Gasteiger partial charge in [0.2, 0.25) is 0 Å². The lowest BCUT2D eigenvalue weighted by molar-refractivity contribution is 0.0790. The van der Waals surface area contributed by atoms with Gasteiger partial charge in [-0.3, -0.25) is 4.79 Å². The average Bonchev–Trinajstić information content (AvgIpc) is 3.21. The third kappa shape index (κ3) is 2.90. The van der Waals surface area contributed by atoms with Crippen LogP contribution in [0.4, 0.5) is 0 Å². The van der Waals surface area contributed by atoms with Gasteiger partial charge in [0.15, 0.2) is 0 Å². The Morgan fingerprint density at radius 2 is 1.91 bits per heavy atom. The number of benzene rings is 1. The van der Waals surface area contributed by atoms with E-state index in [1.54, 1.807) is 0 Å². The number of nitrogens with zero attached hydrogens (tertiary/aromatic N) is 3. The Balaban J connectivity index is 2.10. The summed E-state index contributed by atoms with van der Waals surface area (Å²) in [4.78, 5) is 15.0. The predicted molar refractivity (Wildman–Crippen MR) is 92.2 cm³/mol. The van der Waals surface area contributed by atoms with E-state index in [1.807, 2.05) is 15.6 Å². The maximum absolute atomic E-state index is 13.0. The van der Waals surface area contributed by atoms with Gasteiger partial charge in [0, 0.05) is 13.1 Å². The first-order chi connectivity index (χ1) is 11.2. The Hall–Kier alpha value is -2.10. The van der Waals surface area contributed by atoms with Gasteiger partial charge in [-0.25, -0.2) is 4.68 Å². The highest BCUT2D eigenvalue weighted by atomic mass is 16.2. The third-order valence-electron chi connectivity index (χ3n) is 4.58. The molecule has 2 heterocycles. The van der Waals surface area contributed by atoms with Crippen molar-refractivity contribution in [1.29, 1.82) is 0 Å². The fourth-order valence-electron chi connectivity index (χ4n) is 3.38. The minimum atomic E-state index is 0.162. The van der Waals surface area contributed by atoms with Crippen molar-refractivity contribution < 1.29 is 4.79 Å². The van der Waals surface area contributed by atoms with Gasteiger partial charge in [-0.2, -0.15) is 5.10 Å². The van der Waals surface area contributed by atoms with Crippen molar-refractivity contribution in [2.24, 2.45) is 0 Å². The number of aryl methyl sites for hydroxylation is 2. The second kappa shape index (κ2) is 6.57. The molecule has 0 N–H and O–H groups in total. The molecule has 0 radical (unpaired) electrons. The smallest absolute Gasteiger partial charge is 0.257 e. The van der Waals surface area contributed by atoms with Crippen molar-refractivity contribution >= 4 is 5.91 Å². The van der Waals surface area contributed by atoms with Crippen LogP contribution in [0.3, 0.4) is 0 Å². The van der Waals surface area contributed by atoms with E-state index in [0.29, 0.717) is 0 Å². The zero-order valence-corrected chi connectivity index (χ0v) is 14.3. The number of aromatic nitrogens is 2. The monoisotopic (exact) mass is 311 g/mol. The highest BCUT2D eigenvalue weighted by Gasteiger charge is 2.27. The summed E-state index contributed by atoms with van der Waals surface area (Å²) in [6.45, 7) is 8.00. The van der Waals surface area contributed by atoms with Gasteiger partial charge in [0.05, 0.1) is 22.6 Å². The summed E-state index contributed by atoms with van der Waals surface area (Å²) in [5.74, 6) is 0.162. The molecule has 23 heavy (non-hydrogen) atoms. The summed E-state index contributed by atoms with van der Waals surface area (Å²) in [5, 5.41) is 4.77. The molecule has 3 rings (SSSR count).